The largest absolute Gasteiger partial charge is 0.493 e. The minimum atomic E-state index is 0.453. The van der Waals surface area contributed by atoms with Gasteiger partial charge >= 0.3 is 0 Å². The fraction of sp³-hybridized carbons (Fsp3) is 0.250. The number of aromatic nitrogens is 1. The van der Waals surface area contributed by atoms with Gasteiger partial charge in [-0.15, -0.1) is 22.9 Å². The number of hydrogen-bond acceptors (Lipinski definition) is 4. The number of nitrogens with zero attached hydrogens (tertiary/aromatic N) is 1. The second-order valence-electron chi connectivity index (χ2n) is 3.33. The van der Waals surface area contributed by atoms with Crippen LogP contribution in [0.1, 0.15) is 10.6 Å². The van der Waals surface area contributed by atoms with Gasteiger partial charge in [0.1, 0.15) is 11.6 Å². The van der Waals surface area contributed by atoms with E-state index >= 15 is 0 Å². The van der Waals surface area contributed by atoms with Crippen molar-refractivity contribution in [1.29, 1.82) is 0 Å². The van der Waals surface area contributed by atoms with E-state index in [1.807, 2.05) is 23.6 Å². The Morgan fingerprint density at radius 1 is 1.35 bits per heavy atom. The Kier molecular flexibility index (Phi) is 4.23. The van der Waals surface area contributed by atoms with Gasteiger partial charge < -0.3 is 9.47 Å². The fourth-order valence-corrected chi connectivity index (χ4v) is 2.07. The van der Waals surface area contributed by atoms with Crippen LogP contribution in [0.5, 0.6) is 11.5 Å². The Labute approximate surface area is 109 Å². The SMILES string of the molecule is COc1cc(CCl)ccc1OCc1nccs1. The Balaban J connectivity index is 2.09. The lowest BCUT2D eigenvalue weighted by Gasteiger charge is -2.10. The molecule has 1 aromatic carbocycles. The molecule has 1 heterocycles. The zero-order valence-electron chi connectivity index (χ0n) is 9.35. The van der Waals surface area contributed by atoms with Gasteiger partial charge in [0.2, 0.25) is 0 Å². The first kappa shape index (κ1) is 12.2. The molecule has 2 aromatic rings. The van der Waals surface area contributed by atoms with Crippen LogP contribution in [0, 0.1) is 0 Å². The van der Waals surface area contributed by atoms with E-state index in [4.69, 9.17) is 21.1 Å². The van der Waals surface area contributed by atoms with E-state index < -0.39 is 0 Å². The number of ether oxygens (including phenoxy) is 2. The van der Waals surface area contributed by atoms with E-state index in [1.165, 1.54) is 0 Å². The molecule has 0 radical (unpaired) electrons. The first-order chi connectivity index (χ1) is 8.33. The van der Waals surface area contributed by atoms with E-state index in [2.05, 4.69) is 4.98 Å². The summed E-state index contributed by atoms with van der Waals surface area (Å²) in [6, 6.07) is 5.67. The van der Waals surface area contributed by atoms with E-state index in [-0.39, 0.29) is 0 Å². The van der Waals surface area contributed by atoms with Gasteiger partial charge in [-0.1, -0.05) is 6.07 Å². The van der Waals surface area contributed by atoms with Gasteiger partial charge in [-0.2, -0.15) is 0 Å². The van der Waals surface area contributed by atoms with Crippen LogP contribution in [0.2, 0.25) is 0 Å². The summed E-state index contributed by atoms with van der Waals surface area (Å²) in [6.45, 7) is 0.453. The van der Waals surface area contributed by atoms with Crippen molar-refractivity contribution in [3.8, 4) is 11.5 Å². The highest BCUT2D eigenvalue weighted by Gasteiger charge is 2.06. The van der Waals surface area contributed by atoms with Gasteiger partial charge in [-0.05, 0) is 17.7 Å². The molecule has 5 heteroatoms. The van der Waals surface area contributed by atoms with Crippen LogP contribution in [-0.4, -0.2) is 12.1 Å². The molecule has 0 saturated heterocycles. The van der Waals surface area contributed by atoms with Gasteiger partial charge in [-0.3, -0.25) is 0 Å². The molecule has 0 saturated carbocycles. The predicted octanol–water partition coefficient (Wildman–Crippen LogP) is 3.47. The molecule has 3 nitrogen and oxygen atoms in total. The lowest BCUT2D eigenvalue weighted by atomic mass is 10.2. The molecule has 90 valence electrons. The molecule has 1 aromatic heterocycles. The Hall–Kier alpha value is -1.26. The van der Waals surface area contributed by atoms with Gasteiger partial charge in [0.15, 0.2) is 11.5 Å². The first-order valence-corrected chi connectivity index (χ1v) is 6.49. The van der Waals surface area contributed by atoms with Crippen molar-refractivity contribution in [2.75, 3.05) is 7.11 Å². The second-order valence-corrected chi connectivity index (χ2v) is 4.58. The van der Waals surface area contributed by atoms with Crippen LogP contribution < -0.4 is 9.47 Å². The molecule has 2 rings (SSSR count). The summed E-state index contributed by atoms with van der Waals surface area (Å²) in [5, 5.41) is 2.86. The van der Waals surface area contributed by atoms with Crippen molar-refractivity contribution in [3.63, 3.8) is 0 Å². The highest BCUT2D eigenvalue weighted by atomic mass is 35.5. The summed E-state index contributed by atoms with van der Waals surface area (Å²) >= 11 is 7.33. The molecule has 0 atom stereocenters. The molecule has 0 N–H and O–H groups in total. The van der Waals surface area contributed by atoms with Crippen molar-refractivity contribution in [2.24, 2.45) is 0 Å². The zero-order chi connectivity index (χ0) is 12.1. The molecule has 0 bridgehead atoms. The number of halogens is 1. The normalized spacial score (nSPS) is 10.2. The molecule has 0 aliphatic heterocycles. The number of methoxy groups -OCH3 is 1. The molecule has 0 unspecified atom stereocenters. The minimum Gasteiger partial charge on any atom is -0.493 e. The monoisotopic (exact) mass is 269 g/mol. The summed E-state index contributed by atoms with van der Waals surface area (Å²) in [6.07, 6.45) is 1.76. The van der Waals surface area contributed by atoms with E-state index in [1.54, 1.807) is 24.6 Å². The average Bonchev–Trinajstić information content (AvgIpc) is 2.89. The minimum absolute atomic E-state index is 0.453. The number of hydrogen-bond donors (Lipinski definition) is 0. The highest BCUT2D eigenvalue weighted by Crippen LogP contribution is 2.29. The second kappa shape index (κ2) is 5.89. The van der Waals surface area contributed by atoms with Crippen LogP contribution in [-0.2, 0) is 12.5 Å². The summed E-state index contributed by atoms with van der Waals surface area (Å²) in [5.41, 5.74) is 1.00. The lowest BCUT2D eigenvalue weighted by Crippen LogP contribution is -1.97. The van der Waals surface area contributed by atoms with Crippen molar-refractivity contribution < 1.29 is 9.47 Å². The molecule has 0 fully saturated rings. The molecule has 0 amide bonds. The van der Waals surface area contributed by atoms with Crippen molar-refractivity contribution in [1.82, 2.24) is 4.98 Å². The molecular weight excluding hydrogens is 258 g/mol. The van der Waals surface area contributed by atoms with E-state index in [0.717, 1.165) is 10.6 Å². The van der Waals surface area contributed by atoms with Crippen molar-refractivity contribution >= 4 is 22.9 Å². The average molecular weight is 270 g/mol. The van der Waals surface area contributed by atoms with Crippen LogP contribution in [0.4, 0.5) is 0 Å². The quantitative estimate of drug-likeness (QED) is 0.779. The van der Waals surface area contributed by atoms with Gasteiger partial charge in [-0.25, -0.2) is 4.98 Å². The molecule has 0 spiro atoms. The summed E-state index contributed by atoms with van der Waals surface area (Å²) < 4.78 is 10.9. The van der Waals surface area contributed by atoms with Crippen LogP contribution in [0.15, 0.2) is 29.8 Å². The summed E-state index contributed by atoms with van der Waals surface area (Å²) in [7, 11) is 1.61. The fourth-order valence-electron chi connectivity index (χ4n) is 1.38. The summed E-state index contributed by atoms with van der Waals surface area (Å²) in [4.78, 5) is 4.15. The predicted molar refractivity (Wildman–Crippen MR) is 69.0 cm³/mol. The van der Waals surface area contributed by atoms with Crippen molar-refractivity contribution in [2.45, 2.75) is 12.5 Å². The molecule has 17 heavy (non-hydrogen) atoms. The number of rotatable bonds is 5. The van der Waals surface area contributed by atoms with Crippen LogP contribution in [0.3, 0.4) is 0 Å². The Morgan fingerprint density at radius 2 is 2.24 bits per heavy atom. The summed E-state index contributed by atoms with van der Waals surface area (Å²) in [5.74, 6) is 1.86. The third-order valence-electron chi connectivity index (χ3n) is 2.22. The van der Waals surface area contributed by atoms with Gasteiger partial charge in [0, 0.05) is 17.5 Å². The van der Waals surface area contributed by atoms with Crippen LogP contribution >= 0.6 is 22.9 Å². The maximum absolute atomic E-state index is 5.76. The first-order valence-electron chi connectivity index (χ1n) is 5.07. The smallest absolute Gasteiger partial charge is 0.161 e. The number of thiazole rings is 1. The Bertz CT molecular complexity index is 473. The van der Waals surface area contributed by atoms with Crippen LogP contribution in [0.25, 0.3) is 0 Å². The number of alkyl halides is 1. The molecule has 0 aliphatic rings. The topological polar surface area (TPSA) is 31.4 Å². The third kappa shape index (κ3) is 3.11. The highest BCUT2D eigenvalue weighted by molar-refractivity contribution is 7.09. The lowest BCUT2D eigenvalue weighted by molar-refractivity contribution is 0.284. The standard InChI is InChI=1S/C12H12ClNO2S/c1-15-11-6-9(7-13)2-3-10(11)16-8-12-14-4-5-17-12/h2-6H,7-8H2,1H3. The maximum atomic E-state index is 5.76. The Morgan fingerprint density at radius 3 is 2.88 bits per heavy atom. The van der Waals surface area contributed by atoms with E-state index in [9.17, 15) is 0 Å². The maximum Gasteiger partial charge on any atom is 0.161 e. The van der Waals surface area contributed by atoms with Gasteiger partial charge in [0.25, 0.3) is 0 Å². The third-order valence-corrected chi connectivity index (χ3v) is 3.28. The molecule has 0 aliphatic carbocycles. The van der Waals surface area contributed by atoms with Gasteiger partial charge in [0.05, 0.1) is 7.11 Å². The van der Waals surface area contributed by atoms with E-state index in [0.29, 0.717) is 24.0 Å². The number of benzene rings is 1. The zero-order valence-corrected chi connectivity index (χ0v) is 10.9. The van der Waals surface area contributed by atoms with Crippen molar-refractivity contribution in [3.05, 3.63) is 40.3 Å². The molecular formula is C12H12ClNO2S.